The summed E-state index contributed by atoms with van der Waals surface area (Å²) in [4.78, 5) is 24.3. The second kappa shape index (κ2) is 7.20. The summed E-state index contributed by atoms with van der Waals surface area (Å²) in [6.45, 7) is 2.66. The van der Waals surface area contributed by atoms with Crippen LogP contribution >= 0.6 is 0 Å². The molecule has 3 aromatic rings. The fraction of sp³-hybridized carbons (Fsp3) is 0.375. The lowest BCUT2D eigenvalue weighted by molar-refractivity contribution is -0.144. The number of hydrogen-bond acceptors (Lipinski definition) is 7. The Bertz CT molecular complexity index is 962. The quantitative estimate of drug-likeness (QED) is 0.605. The van der Waals surface area contributed by atoms with Crippen LogP contribution in [-0.4, -0.2) is 36.0 Å². The largest absolute Gasteiger partial charge is 0.457 e. The van der Waals surface area contributed by atoms with Gasteiger partial charge in [0.1, 0.15) is 0 Å². The molecule has 9 heteroatoms. The minimum absolute atomic E-state index is 0.00443. The summed E-state index contributed by atoms with van der Waals surface area (Å²) in [5.41, 5.74) is 0.294. The zero-order chi connectivity index (χ0) is 17.8. The Morgan fingerprint density at radius 1 is 1.24 bits per heavy atom. The molecule has 9 nitrogen and oxygen atoms in total. The van der Waals surface area contributed by atoms with Gasteiger partial charge in [-0.3, -0.25) is 9.59 Å². The minimum atomic E-state index is -0.456. The molecule has 0 unspecified atom stereocenters. The molecular weight excluding hydrogens is 324 g/mol. The molecule has 3 rings (SSSR count). The van der Waals surface area contributed by atoms with E-state index in [1.165, 1.54) is 4.68 Å². The molecule has 2 aromatic heterocycles. The third-order valence-electron chi connectivity index (χ3n) is 3.75. The molecule has 0 radical (unpaired) electrons. The molecule has 0 spiro atoms. The standard InChI is InChI=1S/C16H18N6O3/c1-3-8-22-14(17-19-20-22)10-25-15(23)9-13-11-6-4-5-7-12(11)16(24)21(2)18-13/h4-7H,3,8-10H2,1-2H3. The van der Waals surface area contributed by atoms with E-state index in [0.29, 0.717) is 28.8 Å². The normalized spacial score (nSPS) is 11.0. The van der Waals surface area contributed by atoms with Crippen LogP contribution in [0, 0.1) is 0 Å². The van der Waals surface area contributed by atoms with Crippen LogP contribution in [0.4, 0.5) is 0 Å². The van der Waals surface area contributed by atoms with Crippen molar-refractivity contribution in [3.63, 3.8) is 0 Å². The summed E-state index contributed by atoms with van der Waals surface area (Å²) in [6.07, 6.45) is 0.837. The Hall–Kier alpha value is -3.10. The molecule has 2 heterocycles. The third-order valence-corrected chi connectivity index (χ3v) is 3.75. The molecule has 0 aliphatic carbocycles. The fourth-order valence-electron chi connectivity index (χ4n) is 2.55. The van der Waals surface area contributed by atoms with Crippen molar-refractivity contribution in [1.82, 2.24) is 30.0 Å². The lowest BCUT2D eigenvalue weighted by atomic mass is 10.1. The lowest BCUT2D eigenvalue weighted by Crippen LogP contribution is -2.23. The number of ether oxygens (including phenoxy) is 1. The third kappa shape index (κ3) is 3.54. The number of rotatable bonds is 6. The van der Waals surface area contributed by atoms with E-state index in [9.17, 15) is 9.59 Å². The Morgan fingerprint density at radius 2 is 2.00 bits per heavy atom. The maximum Gasteiger partial charge on any atom is 0.312 e. The van der Waals surface area contributed by atoms with Gasteiger partial charge in [0.05, 0.1) is 17.5 Å². The summed E-state index contributed by atoms with van der Waals surface area (Å²) in [5, 5.41) is 16.6. The van der Waals surface area contributed by atoms with Crippen LogP contribution in [0.5, 0.6) is 0 Å². The first kappa shape index (κ1) is 16.7. The maximum atomic E-state index is 12.2. The molecule has 0 aliphatic heterocycles. The van der Waals surface area contributed by atoms with Gasteiger partial charge in [0.15, 0.2) is 12.4 Å². The van der Waals surface area contributed by atoms with Crippen molar-refractivity contribution >= 4 is 16.7 Å². The molecule has 25 heavy (non-hydrogen) atoms. The Kier molecular flexibility index (Phi) is 4.82. The highest BCUT2D eigenvalue weighted by atomic mass is 16.5. The minimum Gasteiger partial charge on any atom is -0.457 e. The first-order valence-corrected chi connectivity index (χ1v) is 7.95. The van der Waals surface area contributed by atoms with Crippen molar-refractivity contribution in [3.8, 4) is 0 Å². The van der Waals surface area contributed by atoms with Crippen molar-refractivity contribution in [2.45, 2.75) is 32.9 Å². The molecule has 0 aliphatic rings. The number of carbonyl (C=O) groups excluding carboxylic acids is 1. The molecule has 0 saturated carbocycles. The molecule has 1 aromatic carbocycles. The zero-order valence-corrected chi connectivity index (χ0v) is 14.0. The van der Waals surface area contributed by atoms with E-state index >= 15 is 0 Å². The van der Waals surface area contributed by atoms with Gasteiger partial charge >= 0.3 is 5.97 Å². The van der Waals surface area contributed by atoms with E-state index in [0.717, 1.165) is 6.42 Å². The molecular formula is C16H18N6O3. The molecule has 130 valence electrons. The predicted octanol–water partition coefficient (Wildman–Crippen LogP) is 0.616. The Balaban J connectivity index is 1.75. The SMILES string of the molecule is CCCn1nnnc1COC(=O)Cc1nn(C)c(=O)c2ccccc12. The van der Waals surface area contributed by atoms with Gasteiger partial charge in [-0.1, -0.05) is 25.1 Å². The molecule has 0 bridgehead atoms. The first-order chi connectivity index (χ1) is 12.1. The second-order valence-electron chi connectivity index (χ2n) is 5.58. The highest BCUT2D eigenvalue weighted by Gasteiger charge is 2.14. The first-order valence-electron chi connectivity index (χ1n) is 7.95. The summed E-state index contributed by atoms with van der Waals surface area (Å²) in [6, 6.07) is 7.07. The topological polar surface area (TPSA) is 105 Å². The van der Waals surface area contributed by atoms with Crippen LogP contribution in [0.2, 0.25) is 0 Å². The lowest BCUT2D eigenvalue weighted by Gasteiger charge is -2.08. The van der Waals surface area contributed by atoms with E-state index in [-0.39, 0.29) is 18.6 Å². The maximum absolute atomic E-state index is 12.2. The fourth-order valence-corrected chi connectivity index (χ4v) is 2.55. The summed E-state index contributed by atoms with van der Waals surface area (Å²) in [7, 11) is 1.56. The van der Waals surface area contributed by atoms with Crippen LogP contribution in [0.25, 0.3) is 10.8 Å². The summed E-state index contributed by atoms with van der Waals surface area (Å²) in [5.74, 6) is 0.0378. The highest BCUT2D eigenvalue weighted by molar-refractivity contribution is 5.86. The van der Waals surface area contributed by atoms with E-state index in [2.05, 4.69) is 20.6 Å². The number of hydrogen-bond donors (Lipinski definition) is 0. The number of esters is 1. The van der Waals surface area contributed by atoms with Gasteiger partial charge in [0.2, 0.25) is 0 Å². The number of fused-ring (bicyclic) bond motifs is 1. The van der Waals surface area contributed by atoms with E-state index < -0.39 is 5.97 Å². The summed E-state index contributed by atoms with van der Waals surface area (Å²) < 4.78 is 8.10. The number of benzene rings is 1. The number of aryl methyl sites for hydroxylation is 2. The van der Waals surface area contributed by atoms with Crippen LogP contribution in [0.3, 0.4) is 0 Å². The van der Waals surface area contributed by atoms with Gasteiger partial charge in [0, 0.05) is 19.0 Å². The van der Waals surface area contributed by atoms with E-state index in [1.54, 1.807) is 36.0 Å². The summed E-state index contributed by atoms with van der Waals surface area (Å²) >= 11 is 0. The molecule has 0 saturated heterocycles. The molecule has 0 N–H and O–H groups in total. The van der Waals surface area contributed by atoms with Crippen LogP contribution in [0.15, 0.2) is 29.1 Å². The number of carbonyl (C=O) groups is 1. The Morgan fingerprint density at radius 3 is 2.76 bits per heavy atom. The van der Waals surface area contributed by atoms with Gasteiger partial charge in [-0.05, 0) is 22.9 Å². The molecule has 0 fully saturated rings. The van der Waals surface area contributed by atoms with Crippen molar-refractivity contribution in [3.05, 3.63) is 46.1 Å². The van der Waals surface area contributed by atoms with E-state index in [1.807, 2.05) is 6.92 Å². The molecule has 0 atom stereocenters. The van der Waals surface area contributed by atoms with Crippen molar-refractivity contribution in [1.29, 1.82) is 0 Å². The van der Waals surface area contributed by atoms with Gasteiger partial charge in [-0.2, -0.15) is 5.10 Å². The number of nitrogens with zero attached hydrogens (tertiary/aromatic N) is 6. The monoisotopic (exact) mass is 342 g/mol. The Labute approximate surface area is 143 Å². The van der Waals surface area contributed by atoms with Gasteiger partial charge < -0.3 is 4.74 Å². The van der Waals surface area contributed by atoms with Crippen LogP contribution in [0.1, 0.15) is 24.9 Å². The molecule has 0 amide bonds. The highest BCUT2D eigenvalue weighted by Crippen LogP contribution is 2.14. The van der Waals surface area contributed by atoms with Crippen molar-refractivity contribution in [2.24, 2.45) is 7.05 Å². The van der Waals surface area contributed by atoms with Crippen LogP contribution in [-0.2, 0) is 36.2 Å². The van der Waals surface area contributed by atoms with E-state index in [4.69, 9.17) is 4.74 Å². The van der Waals surface area contributed by atoms with Gasteiger partial charge in [-0.25, -0.2) is 9.36 Å². The van der Waals surface area contributed by atoms with Crippen LogP contribution < -0.4 is 5.56 Å². The smallest absolute Gasteiger partial charge is 0.312 e. The second-order valence-corrected chi connectivity index (χ2v) is 5.58. The number of tetrazole rings is 1. The van der Waals surface area contributed by atoms with Gasteiger partial charge in [0.25, 0.3) is 5.56 Å². The zero-order valence-electron chi connectivity index (χ0n) is 14.0. The predicted molar refractivity (Wildman–Crippen MR) is 88.6 cm³/mol. The van der Waals surface area contributed by atoms with Crippen molar-refractivity contribution in [2.75, 3.05) is 0 Å². The van der Waals surface area contributed by atoms with Crippen molar-refractivity contribution < 1.29 is 9.53 Å². The van der Waals surface area contributed by atoms with Gasteiger partial charge in [-0.15, -0.1) is 5.10 Å². The number of aromatic nitrogens is 6. The average molecular weight is 342 g/mol. The average Bonchev–Trinajstić information content (AvgIpc) is 3.05.